The van der Waals surface area contributed by atoms with E-state index in [1.54, 1.807) is 12.1 Å². The predicted molar refractivity (Wildman–Crippen MR) is 90.9 cm³/mol. The van der Waals surface area contributed by atoms with Gasteiger partial charge in [0, 0.05) is 0 Å². The van der Waals surface area contributed by atoms with Crippen LogP contribution in [-0.2, 0) is 22.5 Å². The van der Waals surface area contributed by atoms with E-state index in [-0.39, 0.29) is 11.9 Å². The molecular weight excluding hydrogens is 304 g/mol. The van der Waals surface area contributed by atoms with Crippen LogP contribution < -0.4 is 0 Å². The first-order chi connectivity index (χ1) is 11.6. The van der Waals surface area contributed by atoms with Crippen molar-refractivity contribution in [2.24, 2.45) is 5.92 Å². The molecule has 0 spiro atoms. The Morgan fingerprint density at radius 2 is 1.92 bits per heavy atom. The number of ether oxygens (including phenoxy) is 1. The number of rotatable bonds is 4. The third-order valence-corrected chi connectivity index (χ3v) is 4.83. The van der Waals surface area contributed by atoms with Crippen molar-refractivity contribution in [2.45, 2.75) is 32.3 Å². The molecule has 0 saturated carbocycles. The Labute approximate surface area is 142 Å². The van der Waals surface area contributed by atoms with E-state index in [4.69, 9.17) is 9.62 Å². The van der Waals surface area contributed by atoms with E-state index in [0.29, 0.717) is 5.56 Å². The molecular formula is C20H22O4. The van der Waals surface area contributed by atoms with Crippen molar-refractivity contribution in [2.75, 3.05) is 7.11 Å². The Bertz CT molecular complexity index is 721. The molecule has 0 fully saturated rings. The molecule has 2 aromatic carbocycles. The second-order valence-electron chi connectivity index (χ2n) is 6.41. The number of fused-ring (bicyclic) bond motifs is 1. The lowest BCUT2D eigenvalue weighted by Gasteiger charge is -2.30. The summed E-state index contributed by atoms with van der Waals surface area (Å²) in [5.41, 5.74) is 5.35. The molecule has 1 aliphatic rings. The van der Waals surface area contributed by atoms with Crippen LogP contribution in [0.4, 0.5) is 0 Å². The minimum absolute atomic E-state index is 0.203. The lowest BCUT2D eigenvalue weighted by molar-refractivity contribution is -0.294. The molecule has 3 rings (SSSR count). The molecule has 1 aliphatic carbocycles. The summed E-state index contributed by atoms with van der Waals surface area (Å²) in [5.74, 6) is -0.167. The van der Waals surface area contributed by atoms with Crippen LogP contribution in [0.3, 0.4) is 0 Å². The van der Waals surface area contributed by atoms with Crippen molar-refractivity contribution in [1.29, 1.82) is 0 Å². The third kappa shape index (κ3) is 3.35. The molecule has 126 valence electrons. The van der Waals surface area contributed by atoms with Crippen LogP contribution in [0.1, 0.15) is 45.1 Å². The monoisotopic (exact) mass is 326 g/mol. The fourth-order valence-corrected chi connectivity index (χ4v) is 3.52. The molecule has 2 atom stereocenters. The van der Waals surface area contributed by atoms with E-state index in [1.807, 2.05) is 12.1 Å². The van der Waals surface area contributed by atoms with Crippen molar-refractivity contribution in [1.82, 2.24) is 0 Å². The summed E-state index contributed by atoms with van der Waals surface area (Å²) < 4.78 is 4.71. The molecule has 2 unspecified atom stereocenters. The molecule has 24 heavy (non-hydrogen) atoms. The number of aryl methyl sites for hydroxylation is 2. The van der Waals surface area contributed by atoms with E-state index in [1.165, 1.54) is 23.8 Å². The lowest BCUT2D eigenvalue weighted by atomic mass is 9.79. The van der Waals surface area contributed by atoms with Gasteiger partial charge in [0.2, 0.25) is 0 Å². The lowest BCUT2D eigenvalue weighted by Crippen LogP contribution is -2.23. The summed E-state index contributed by atoms with van der Waals surface area (Å²) in [6.07, 6.45) is 2.42. The van der Waals surface area contributed by atoms with Crippen LogP contribution in [0.25, 0.3) is 0 Å². The summed E-state index contributed by atoms with van der Waals surface area (Å²) in [5, 5.41) is 9.46. The average molecular weight is 326 g/mol. The highest BCUT2D eigenvalue weighted by molar-refractivity contribution is 5.89. The molecule has 4 nitrogen and oxygen atoms in total. The maximum atomic E-state index is 11.5. The first-order valence-electron chi connectivity index (χ1n) is 8.19. The van der Waals surface area contributed by atoms with Crippen molar-refractivity contribution in [3.05, 3.63) is 70.3 Å². The number of methoxy groups -OCH3 is 1. The highest BCUT2D eigenvalue weighted by Gasteiger charge is 2.28. The zero-order valence-electron chi connectivity index (χ0n) is 14.0. The highest BCUT2D eigenvalue weighted by atomic mass is 17.1. The number of esters is 1. The smallest absolute Gasteiger partial charge is 0.337 e. The average Bonchev–Trinajstić information content (AvgIpc) is 2.62. The number of carbonyl (C=O) groups is 1. The van der Waals surface area contributed by atoms with Gasteiger partial charge in [0.1, 0.15) is 6.10 Å². The molecule has 2 aromatic rings. The van der Waals surface area contributed by atoms with Gasteiger partial charge in [0.15, 0.2) is 0 Å². The minimum Gasteiger partial charge on any atom is -0.465 e. The van der Waals surface area contributed by atoms with Crippen molar-refractivity contribution in [3.63, 3.8) is 0 Å². The Kier molecular flexibility index (Phi) is 4.97. The summed E-state index contributed by atoms with van der Waals surface area (Å²) in [7, 11) is 1.36. The van der Waals surface area contributed by atoms with Gasteiger partial charge in [0.05, 0.1) is 12.7 Å². The third-order valence-electron chi connectivity index (χ3n) is 4.83. The predicted octanol–water partition coefficient (Wildman–Crippen LogP) is 4.12. The minimum atomic E-state index is -0.397. The quantitative estimate of drug-likeness (QED) is 0.522. The van der Waals surface area contributed by atoms with Crippen LogP contribution in [-0.4, -0.2) is 18.3 Å². The largest absolute Gasteiger partial charge is 0.465 e. The van der Waals surface area contributed by atoms with Gasteiger partial charge in [-0.3, -0.25) is 5.26 Å². The molecule has 0 radical (unpaired) electrons. The molecule has 4 heteroatoms. The van der Waals surface area contributed by atoms with Crippen molar-refractivity contribution < 1.29 is 19.7 Å². The van der Waals surface area contributed by atoms with Crippen LogP contribution in [0.2, 0.25) is 0 Å². The van der Waals surface area contributed by atoms with E-state index in [2.05, 4.69) is 25.1 Å². The zero-order chi connectivity index (χ0) is 17.1. The summed E-state index contributed by atoms with van der Waals surface area (Å²) in [6, 6.07) is 13.6. The second kappa shape index (κ2) is 7.16. The first kappa shape index (κ1) is 16.7. The summed E-state index contributed by atoms with van der Waals surface area (Å²) in [4.78, 5) is 16.4. The van der Waals surface area contributed by atoms with Gasteiger partial charge in [-0.1, -0.05) is 35.9 Å². The van der Waals surface area contributed by atoms with Gasteiger partial charge < -0.3 is 4.74 Å². The SMILES string of the molecule is COC(=O)c1ccc(C(OO)C2CCc3cc(C)ccc3C2)cc1. The molecule has 1 N–H and O–H groups in total. The summed E-state index contributed by atoms with van der Waals surface area (Å²) in [6.45, 7) is 2.11. The maximum absolute atomic E-state index is 11.5. The Morgan fingerprint density at radius 1 is 1.17 bits per heavy atom. The Hall–Kier alpha value is -2.17. The second-order valence-corrected chi connectivity index (χ2v) is 6.41. The van der Waals surface area contributed by atoms with Gasteiger partial charge in [0.25, 0.3) is 0 Å². The van der Waals surface area contributed by atoms with E-state index < -0.39 is 6.10 Å². The Morgan fingerprint density at radius 3 is 2.58 bits per heavy atom. The fourth-order valence-electron chi connectivity index (χ4n) is 3.52. The zero-order valence-corrected chi connectivity index (χ0v) is 14.0. The van der Waals surface area contributed by atoms with Crippen LogP contribution in [0.15, 0.2) is 42.5 Å². The Balaban J connectivity index is 1.79. The molecule has 0 aliphatic heterocycles. The molecule has 0 saturated heterocycles. The summed E-state index contributed by atoms with van der Waals surface area (Å²) >= 11 is 0. The van der Waals surface area contributed by atoms with Gasteiger partial charge in [-0.05, 0) is 60.9 Å². The fraction of sp³-hybridized carbons (Fsp3) is 0.350. The van der Waals surface area contributed by atoms with Crippen LogP contribution >= 0.6 is 0 Å². The normalized spacial score (nSPS) is 17.9. The number of hydrogen-bond acceptors (Lipinski definition) is 4. The first-order valence-corrected chi connectivity index (χ1v) is 8.19. The van der Waals surface area contributed by atoms with Crippen LogP contribution in [0, 0.1) is 12.8 Å². The molecule has 0 amide bonds. The van der Waals surface area contributed by atoms with Crippen molar-refractivity contribution in [3.8, 4) is 0 Å². The number of benzene rings is 2. The standard InChI is InChI=1S/C20H22O4/c1-13-3-4-17-12-18(10-9-16(17)11-13)19(24-22)14-5-7-15(8-6-14)20(21)23-2/h3-8,11,18-19,22H,9-10,12H2,1-2H3. The van der Waals surface area contributed by atoms with Gasteiger partial charge in [-0.25, -0.2) is 9.68 Å². The number of carbonyl (C=O) groups excluding carboxylic acids is 1. The number of hydrogen-bond donors (Lipinski definition) is 1. The molecule has 0 bridgehead atoms. The van der Waals surface area contributed by atoms with Gasteiger partial charge in [-0.2, -0.15) is 0 Å². The van der Waals surface area contributed by atoms with E-state index >= 15 is 0 Å². The van der Waals surface area contributed by atoms with Gasteiger partial charge >= 0.3 is 5.97 Å². The highest BCUT2D eigenvalue weighted by Crippen LogP contribution is 2.36. The van der Waals surface area contributed by atoms with Gasteiger partial charge in [-0.15, -0.1) is 0 Å². The maximum Gasteiger partial charge on any atom is 0.337 e. The van der Waals surface area contributed by atoms with Crippen molar-refractivity contribution >= 4 is 5.97 Å². The molecule has 0 aromatic heterocycles. The van der Waals surface area contributed by atoms with E-state index in [0.717, 1.165) is 24.8 Å². The van der Waals surface area contributed by atoms with Crippen LogP contribution in [0.5, 0.6) is 0 Å². The molecule has 0 heterocycles. The topological polar surface area (TPSA) is 55.8 Å². The van der Waals surface area contributed by atoms with E-state index in [9.17, 15) is 10.1 Å².